The maximum Gasteiger partial charge on any atom is 0.220 e. The van der Waals surface area contributed by atoms with E-state index in [9.17, 15) is 9.59 Å². The smallest absolute Gasteiger partial charge is 0.220 e. The third kappa shape index (κ3) is 11.0. The largest absolute Gasteiger partial charge is 0.398 e. The van der Waals surface area contributed by atoms with Gasteiger partial charge < -0.3 is 21.8 Å². The van der Waals surface area contributed by atoms with E-state index in [1.54, 1.807) is 0 Å². The van der Waals surface area contributed by atoms with Crippen LogP contribution >= 0.6 is 0 Å². The van der Waals surface area contributed by atoms with Crippen LogP contribution in [0.25, 0.3) is 16.5 Å². The van der Waals surface area contributed by atoms with Crippen LogP contribution in [0.2, 0.25) is 0 Å². The molecule has 1 aromatic heterocycles. The molecule has 6 heteroatoms. The highest BCUT2D eigenvalue weighted by Crippen LogP contribution is 2.25. The molecule has 202 valence electrons. The maximum absolute atomic E-state index is 12.3. The number of aromatic nitrogens is 1. The number of anilines is 1. The molecule has 0 spiro atoms. The van der Waals surface area contributed by atoms with Gasteiger partial charge in [0.05, 0.1) is 0 Å². The van der Waals surface area contributed by atoms with E-state index in [2.05, 4.69) is 29.5 Å². The molecule has 0 aliphatic rings. The van der Waals surface area contributed by atoms with Gasteiger partial charge >= 0.3 is 0 Å². The summed E-state index contributed by atoms with van der Waals surface area (Å²) in [5.41, 5.74) is 14.8. The number of aromatic amines is 1. The highest BCUT2D eigenvalue weighted by Gasteiger charge is 2.22. The molecular weight excluding hydrogens is 460 g/mol. The second kappa shape index (κ2) is 18.0. The minimum Gasteiger partial charge on any atom is -0.398 e. The van der Waals surface area contributed by atoms with Crippen LogP contribution in [0.1, 0.15) is 89.3 Å². The number of para-hydroxylation sites is 2. The number of allylic oxidation sites excluding steroid dienone is 1. The van der Waals surface area contributed by atoms with Gasteiger partial charge in [0, 0.05) is 34.8 Å². The number of amides is 1. The van der Waals surface area contributed by atoms with E-state index in [0.29, 0.717) is 6.42 Å². The number of hydrogen-bond donors (Lipinski definition) is 4. The predicted octanol–water partition coefficient (Wildman–Crippen LogP) is 6.93. The van der Waals surface area contributed by atoms with E-state index >= 15 is 0 Å². The number of nitrogens with one attached hydrogen (secondary N) is 2. The molecule has 1 unspecified atom stereocenters. The summed E-state index contributed by atoms with van der Waals surface area (Å²) in [6.45, 7) is 9.50. The average molecular weight is 507 g/mol. The van der Waals surface area contributed by atoms with Crippen molar-refractivity contribution in [2.24, 2.45) is 5.73 Å². The topological polar surface area (TPSA) is 114 Å². The molecule has 3 aromatic rings. The van der Waals surface area contributed by atoms with Crippen LogP contribution in [0.4, 0.5) is 5.69 Å². The number of ketones is 1. The number of nitrogens with two attached hydrogens (primary N) is 2. The van der Waals surface area contributed by atoms with Crippen molar-refractivity contribution < 1.29 is 9.59 Å². The first-order valence-electron chi connectivity index (χ1n) is 13.3. The first-order valence-corrected chi connectivity index (χ1v) is 13.3. The van der Waals surface area contributed by atoms with E-state index in [4.69, 9.17) is 5.73 Å². The Hall–Kier alpha value is -3.38. The number of rotatable bonds is 12. The minimum absolute atomic E-state index is 0.0426. The summed E-state index contributed by atoms with van der Waals surface area (Å²) in [5, 5.41) is 3.90. The Morgan fingerprint density at radius 2 is 1.51 bits per heavy atom. The van der Waals surface area contributed by atoms with Crippen molar-refractivity contribution >= 4 is 33.9 Å². The number of H-pyrrole nitrogens is 1. The van der Waals surface area contributed by atoms with Gasteiger partial charge in [-0.2, -0.15) is 0 Å². The Morgan fingerprint density at radius 1 is 0.919 bits per heavy atom. The van der Waals surface area contributed by atoms with E-state index in [1.165, 1.54) is 46.1 Å². The van der Waals surface area contributed by atoms with Gasteiger partial charge in [0.25, 0.3) is 0 Å². The van der Waals surface area contributed by atoms with E-state index in [-0.39, 0.29) is 11.7 Å². The van der Waals surface area contributed by atoms with Crippen LogP contribution in [0, 0.1) is 0 Å². The lowest BCUT2D eigenvalue weighted by Gasteiger charge is -2.15. The van der Waals surface area contributed by atoms with E-state index in [1.807, 2.05) is 61.7 Å². The van der Waals surface area contributed by atoms with Gasteiger partial charge in [-0.3, -0.25) is 9.59 Å². The van der Waals surface area contributed by atoms with Gasteiger partial charge in [0.1, 0.15) is 6.04 Å². The fourth-order valence-corrected chi connectivity index (χ4v) is 4.09. The number of Topliss-reactive ketones (excluding diaryl/α,β-unsaturated/α-hetero) is 1. The van der Waals surface area contributed by atoms with Gasteiger partial charge in [0.15, 0.2) is 5.78 Å². The number of carbonyl (C=O) groups is 2. The van der Waals surface area contributed by atoms with Crippen molar-refractivity contribution in [1.29, 1.82) is 0 Å². The van der Waals surface area contributed by atoms with Crippen LogP contribution in [-0.4, -0.2) is 23.7 Å². The van der Waals surface area contributed by atoms with Crippen LogP contribution < -0.4 is 16.8 Å². The van der Waals surface area contributed by atoms with Gasteiger partial charge in [-0.25, -0.2) is 0 Å². The number of unbranched alkanes of at least 4 members (excludes halogenated alkanes) is 6. The first kappa shape index (κ1) is 31.6. The lowest BCUT2D eigenvalue weighted by molar-refractivity contribution is -0.127. The van der Waals surface area contributed by atoms with Crippen molar-refractivity contribution in [2.45, 2.75) is 78.2 Å². The number of nitrogen functional groups attached to an aromatic ring is 1. The van der Waals surface area contributed by atoms with E-state index < -0.39 is 6.04 Å². The molecule has 0 saturated carbocycles. The molecule has 1 amide bonds. The zero-order chi connectivity index (χ0) is 27.6. The second-order valence-electron chi connectivity index (χ2n) is 9.14. The molecule has 1 heterocycles. The van der Waals surface area contributed by atoms with Crippen LogP contribution in [-0.2, 0) is 9.59 Å². The van der Waals surface area contributed by atoms with Gasteiger partial charge in [-0.05, 0) is 50.6 Å². The number of benzene rings is 2. The standard InChI is InChI=1S/C21H30N2O2.C9H11N.CH5N/c1-3-4-5-6-7-8-9-14-20(25)23-21(16(2)24)18-15-22-19-13-11-10-12-17(18)19;1-7(2)8-5-3-4-6-9(8)10;1-2/h10-13,15,21-22H,3-9,14H2,1-2H3,(H,23,25);3-6H,1,10H2,2H3;2H2,1H3. The summed E-state index contributed by atoms with van der Waals surface area (Å²) in [7, 11) is 1.50. The van der Waals surface area contributed by atoms with Crippen molar-refractivity contribution in [1.82, 2.24) is 10.3 Å². The zero-order valence-electron chi connectivity index (χ0n) is 23.1. The lowest BCUT2D eigenvalue weighted by atomic mass is 10.0. The summed E-state index contributed by atoms with van der Waals surface area (Å²) in [6, 6.07) is 15.0. The molecule has 3 rings (SSSR count). The number of carbonyl (C=O) groups excluding carboxylic acids is 2. The van der Waals surface area contributed by atoms with Crippen LogP contribution in [0.3, 0.4) is 0 Å². The summed E-state index contributed by atoms with van der Waals surface area (Å²) < 4.78 is 0. The first-order chi connectivity index (χ1) is 17.8. The van der Waals surface area contributed by atoms with Gasteiger partial charge in [0.2, 0.25) is 5.91 Å². The Morgan fingerprint density at radius 3 is 2.11 bits per heavy atom. The number of fused-ring (bicyclic) bond motifs is 1. The van der Waals surface area contributed by atoms with Crippen molar-refractivity contribution in [3.05, 3.63) is 72.4 Å². The third-order valence-electron chi connectivity index (χ3n) is 6.07. The highest BCUT2D eigenvalue weighted by molar-refractivity contribution is 5.94. The fraction of sp³-hybridized carbons (Fsp3) is 0.419. The third-order valence-corrected chi connectivity index (χ3v) is 6.07. The Labute approximate surface area is 222 Å². The van der Waals surface area contributed by atoms with Crippen molar-refractivity contribution in [2.75, 3.05) is 12.8 Å². The zero-order valence-corrected chi connectivity index (χ0v) is 23.1. The maximum atomic E-state index is 12.3. The molecule has 2 aromatic carbocycles. The Bertz CT molecular complexity index is 1100. The molecule has 0 aliphatic carbocycles. The lowest BCUT2D eigenvalue weighted by Crippen LogP contribution is -2.32. The summed E-state index contributed by atoms with van der Waals surface area (Å²) in [6.07, 6.45) is 10.5. The Balaban J connectivity index is 0.000000475. The molecule has 6 nitrogen and oxygen atoms in total. The van der Waals surface area contributed by atoms with E-state index in [0.717, 1.165) is 46.1 Å². The van der Waals surface area contributed by atoms with Crippen molar-refractivity contribution in [3.8, 4) is 0 Å². The SMILES string of the molecule is C=C(C)c1ccccc1N.CCCCCCCCCC(=O)NC(C(C)=O)c1c[nH]c2ccccc12.CN. The average Bonchev–Trinajstić information content (AvgIpc) is 3.32. The molecular formula is C31H46N4O2. The molecule has 0 aliphatic heterocycles. The summed E-state index contributed by atoms with van der Waals surface area (Å²) in [5.74, 6) is -0.0864. The molecule has 37 heavy (non-hydrogen) atoms. The quantitative estimate of drug-likeness (QED) is 0.157. The normalized spacial score (nSPS) is 10.9. The minimum atomic E-state index is -0.576. The second-order valence-corrected chi connectivity index (χ2v) is 9.14. The summed E-state index contributed by atoms with van der Waals surface area (Å²) in [4.78, 5) is 27.5. The molecule has 0 saturated heterocycles. The summed E-state index contributed by atoms with van der Waals surface area (Å²) >= 11 is 0. The molecule has 6 N–H and O–H groups in total. The van der Waals surface area contributed by atoms with Gasteiger partial charge in [-0.15, -0.1) is 0 Å². The molecule has 0 bridgehead atoms. The van der Waals surface area contributed by atoms with Crippen LogP contribution in [0.5, 0.6) is 0 Å². The fourth-order valence-electron chi connectivity index (χ4n) is 4.09. The Kier molecular flexibility index (Phi) is 15.4. The number of hydrogen-bond acceptors (Lipinski definition) is 4. The molecule has 0 radical (unpaired) electrons. The van der Waals surface area contributed by atoms with Crippen molar-refractivity contribution in [3.63, 3.8) is 0 Å². The molecule has 0 fully saturated rings. The molecule has 1 atom stereocenters. The van der Waals surface area contributed by atoms with Gasteiger partial charge in [-0.1, -0.05) is 88.4 Å². The highest BCUT2D eigenvalue weighted by atomic mass is 16.2. The van der Waals surface area contributed by atoms with Crippen LogP contribution in [0.15, 0.2) is 61.3 Å². The monoisotopic (exact) mass is 506 g/mol. The predicted molar refractivity (Wildman–Crippen MR) is 158 cm³/mol.